The predicted molar refractivity (Wildman–Crippen MR) is 138 cm³/mol. The van der Waals surface area contributed by atoms with Crippen molar-refractivity contribution >= 4 is 17.6 Å². The molecule has 7 heteroatoms. The number of hydroxylamine groups is 1. The first-order chi connectivity index (χ1) is 17.8. The highest BCUT2D eigenvalue weighted by molar-refractivity contribution is 5.91. The zero-order valence-corrected chi connectivity index (χ0v) is 20.3. The Balaban J connectivity index is 1.55. The quantitative estimate of drug-likeness (QED) is 0.145. The van der Waals surface area contributed by atoms with Crippen LogP contribution in [-0.4, -0.2) is 17.5 Å². The number of benzene rings is 4. The van der Waals surface area contributed by atoms with E-state index in [0.717, 1.165) is 0 Å². The molecule has 37 heavy (non-hydrogen) atoms. The second kappa shape index (κ2) is 9.54. The van der Waals surface area contributed by atoms with Crippen LogP contribution in [-0.2, 0) is 10.5 Å². The minimum atomic E-state index is -1.85. The SMILES string of the molecule is CC1(C)Oc2cc(OC(=O)c3ccccc3)ccc2[N+]([O-])C1(OC(=O)c1ccccc1)c1ccccc1. The normalized spacial score (nSPS) is 18.2. The van der Waals surface area contributed by atoms with E-state index in [4.69, 9.17) is 14.2 Å². The largest absolute Gasteiger partial charge is 0.572 e. The lowest BCUT2D eigenvalue weighted by atomic mass is 9.84. The minimum absolute atomic E-state index is 0.128. The van der Waals surface area contributed by atoms with Gasteiger partial charge in [-0.3, -0.25) is 0 Å². The molecule has 4 aromatic carbocycles. The third-order valence-electron chi connectivity index (χ3n) is 6.25. The second-order valence-electron chi connectivity index (χ2n) is 9.06. The van der Waals surface area contributed by atoms with Gasteiger partial charge in [-0.05, 0) is 56.3 Å². The smallest absolute Gasteiger partial charge is 0.361 e. The summed E-state index contributed by atoms with van der Waals surface area (Å²) < 4.78 is 17.9. The number of carbonyl (C=O) groups is 2. The number of anilines is 1. The zero-order valence-electron chi connectivity index (χ0n) is 20.3. The molecule has 1 radical (unpaired) electrons. The Morgan fingerprint density at radius 3 is 1.89 bits per heavy atom. The van der Waals surface area contributed by atoms with Crippen LogP contribution in [0.3, 0.4) is 0 Å². The molecule has 0 N–H and O–H groups in total. The first-order valence-corrected chi connectivity index (χ1v) is 11.7. The maximum Gasteiger partial charge on any atom is 0.361 e. The number of esters is 2. The first-order valence-electron chi connectivity index (χ1n) is 11.7. The van der Waals surface area contributed by atoms with E-state index >= 15 is 0 Å². The Morgan fingerprint density at radius 2 is 1.30 bits per heavy atom. The Labute approximate surface area is 214 Å². The topological polar surface area (TPSA) is 90.8 Å². The van der Waals surface area contributed by atoms with Crippen LogP contribution in [0.5, 0.6) is 11.5 Å². The van der Waals surface area contributed by atoms with E-state index in [2.05, 4.69) is 0 Å². The van der Waals surface area contributed by atoms with Crippen molar-refractivity contribution in [2.24, 2.45) is 0 Å². The summed E-state index contributed by atoms with van der Waals surface area (Å²) in [5.74, 6) is -0.796. The Hall–Kier alpha value is -4.46. The van der Waals surface area contributed by atoms with Gasteiger partial charge in [0, 0.05) is 12.1 Å². The number of hydrogen-bond donors (Lipinski definition) is 0. The average molecular weight is 495 g/mol. The van der Waals surface area contributed by atoms with Gasteiger partial charge < -0.3 is 19.4 Å². The van der Waals surface area contributed by atoms with Crippen LogP contribution in [0.25, 0.3) is 0 Å². The van der Waals surface area contributed by atoms with Crippen molar-refractivity contribution in [1.29, 1.82) is 0 Å². The van der Waals surface area contributed by atoms with Crippen molar-refractivity contribution in [3.8, 4) is 11.5 Å². The number of hydrogen-bond acceptors (Lipinski definition) is 7. The molecular weight excluding hydrogens is 470 g/mol. The third kappa shape index (κ3) is 4.35. The van der Waals surface area contributed by atoms with E-state index in [-0.39, 0.29) is 17.2 Å². The minimum Gasteiger partial charge on any atom is -0.572 e. The molecule has 0 saturated heterocycles. The van der Waals surface area contributed by atoms with Crippen LogP contribution in [0.1, 0.15) is 40.1 Å². The summed E-state index contributed by atoms with van der Waals surface area (Å²) in [6.07, 6.45) is 0. The van der Waals surface area contributed by atoms with Gasteiger partial charge in [0.1, 0.15) is 5.75 Å². The summed E-state index contributed by atoms with van der Waals surface area (Å²) in [6.45, 7) is 3.35. The third-order valence-corrected chi connectivity index (χ3v) is 6.25. The lowest BCUT2D eigenvalue weighted by Crippen LogP contribution is -2.65. The highest BCUT2D eigenvalue weighted by Gasteiger charge is 2.66. The summed E-state index contributed by atoms with van der Waals surface area (Å²) in [6, 6.07) is 30.3. The molecule has 185 valence electrons. The van der Waals surface area contributed by atoms with E-state index in [1.165, 1.54) is 18.2 Å². The molecular formula is C30H24NO6. The molecule has 5 rings (SSSR count). The van der Waals surface area contributed by atoms with Crippen molar-refractivity contribution in [3.05, 3.63) is 131 Å². The van der Waals surface area contributed by atoms with E-state index in [1.807, 2.05) is 6.07 Å². The molecule has 0 aliphatic carbocycles. The van der Waals surface area contributed by atoms with E-state index in [1.54, 1.807) is 98.8 Å². The molecule has 0 amide bonds. The molecule has 1 heterocycles. The highest BCUT2D eigenvalue weighted by atomic mass is 16.7. The van der Waals surface area contributed by atoms with E-state index in [9.17, 15) is 14.8 Å². The Bertz CT molecular complexity index is 1420. The average Bonchev–Trinajstić information content (AvgIpc) is 2.92. The molecule has 0 aromatic heterocycles. The van der Waals surface area contributed by atoms with E-state index < -0.39 is 23.3 Å². The maximum atomic E-state index is 14.1. The van der Waals surface area contributed by atoms with Gasteiger partial charge in [0.2, 0.25) is 11.3 Å². The summed E-state index contributed by atoms with van der Waals surface area (Å²) in [5.41, 5.74) is -1.93. The molecule has 0 fully saturated rings. The molecule has 1 atom stereocenters. The fraction of sp³-hybridized carbons (Fsp3) is 0.133. The Morgan fingerprint density at radius 1 is 0.757 bits per heavy atom. The lowest BCUT2D eigenvalue weighted by molar-refractivity contribution is -0.173. The van der Waals surface area contributed by atoms with E-state index in [0.29, 0.717) is 21.8 Å². The van der Waals surface area contributed by atoms with Crippen molar-refractivity contribution < 1.29 is 23.8 Å². The van der Waals surface area contributed by atoms with Gasteiger partial charge in [-0.2, -0.15) is 0 Å². The van der Waals surface area contributed by atoms with Gasteiger partial charge in [-0.15, -0.1) is 5.06 Å². The highest BCUT2D eigenvalue weighted by Crippen LogP contribution is 2.52. The van der Waals surface area contributed by atoms with Gasteiger partial charge in [0.05, 0.1) is 16.7 Å². The van der Waals surface area contributed by atoms with Crippen molar-refractivity contribution in [2.45, 2.75) is 25.2 Å². The van der Waals surface area contributed by atoms with Gasteiger partial charge in [0.25, 0.3) is 0 Å². The van der Waals surface area contributed by atoms with Crippen LogP contribution >= 0.6 is 0 Å². The maximum absolute atomic E-state index is 14.1. The Kier molecular flexibility index (Phi) is 6.25. The van der Waals surface area contributed by atoms with Crippen molar-refractivity contribution in [1.82, 2.24) is 5.06 Å². The molecule has 1 aliphatic rings. The summed E-state index contributed by atoms with van der Waals surface area (Å²) in [7, 11) is 0. The van der Waals surface area contributed by atoms with Crippen molar-refractivity contribution in [2.75, 3.05) is 0 Å². The number of ether oxygens (including phenoxy) is 3. The molecule has 1 unspecified atom stereocenters. The molecule has 0 bridgehead atoms. The van der Waals surface area contributed by atoms with Crippen LogP contribution in [0.15, 0.2) is 109 Å². The zero-order chi connectivity index (χ0) is 26.0. The van der Waals surface area contributed by atoms with Crippen molar-refractivity contribution in [3.63, 3.8) is 0 Å². The van der Waals surface area contributed by atoms with Crippen LogP contribution in [0.2, 0.25) is 0 Å². The standard InChI is InChI=1S/C30H24NO6/c1-29(2)30(23-16-10-5-11-17-23,37-28(33)22-14-8-4-9-15-22)31(34)25-19-18-24(20-26(25)36-29)35-27(32)21-12-6-3-7-13-21/h3-20H,1-2H3. The summed E-state index contributed by atoms with van der Waals surface area (Å²) >= 11 is 0. The number of rotatable bonds is 5. The monoisotopic (exact) mass is 494 g/mol. The fourth-order valence-electron chi connectivity index (χ4n) is 4.43. The predicted octanol–water partition coefficient (Wildman–Crippen LogP) is 6.06. The molecule has 1 aliphatic heterocycles. The second-order valence-corrected chi connectivity index (χ2v) is 9.06. The first kappa shape index (κ1) is 24.2. The molecule has 7 nitrogen and oxygen atoms in total. The van der Waals surface area contributed by atoms with Crippen LogP contribution < -0.4 is 14.5 Å². The van der Waals surface area contributed by atoms with Crippen LogP contribution in [0.4, 0.5) is 5.69 Å². The molecule has 0 saturated carbocycles. The molecule has 0 spiro atoms. The van der Waals surface area contributed by atoms with Gasteiger partial charge in [-0.25, -0.2) is 9.59 Å². The number of fused-ring (bicyclic) bond motifs is 1. The van der Waals surface area contributed by atoms with Gasteiger partial charge in [-0.1, -0.05) is 54.6 Å². The number of nitrogens with zero attached hydrogens (tertiary/aromatic N) is 1. The molecule has 4 aromatic rings. The number of carbonyl (C=O) groups excluding carboxylic acids is 2. The van der Waals surface area contributed by atoms with Gasteiger partial charge >= 0.3 is 17.7 Å². The lowest BCUT2D eigenvalue weighted by Gasteiger charge is -2.48. The van der Waals surface area contributed by atoms with Crippen LogP contribution in [0, 0.1) is 5.21 Å². The fourth-order valence-corrected chi connectivity index (χ4v) is 4.43. The summed E-state index contributed by atoms with van der Waals surface area (Å²) in [4.78, 5) is 25.8. The summed E-state index contributed by atoms with van der Waals surface area (Å²) in [5, 5.41) is 14.8. The van der Waals surface area contributed by atoms with Gasteiger partial charge in [0.15, 0.2) is 5.75 Å².